The predicted octanol–water partition coefficient (Wildman–Crippen LogP) is 3.93. The minimum absolute atomic E-state index is 0.0108. The number of rotatable bonds is 3. The minimum Gasteiger partial charge on any atom is -0.271 e. The van der Waals surface area contributed by atoms with E-state index in [2.05, 4.69) is 5.43 Å². The van der Waals surface area contributed by atoms with Gasteiger partial charge >= 0.3 is 6.18 Å². The van der Waals surface area contributed by atoms with E-state index >= 15 is 0 Å². The van der Waals surface area contributed by atoms with Crippen LogP contribution in [-0.2, 0) is 6.18 Å². The average Bonchev–Trinajstić information content (AvgIpc) is 2.39. The molecule has 0 spiro atoms. The third-order valence-electron chi connectivity index (χ3n) is 3.95. The molecule has 2 rings (SSSR count). The summed E-state index contributed by atoms with van der Waals surface area (Å²) in [5.74, 6) is 4.79. The molecular formula is C14H18F4N2. The number of nitrogens with two attached hydrogens (primary N) is 1. The summed E-state index contributed by atoms with van der Waals surface area (Å²) < 4.78 is 52.5. The van der Waals surface area contributed by atoms with E-state index in [-0.39, 0.29) is 11.5 Å². The molecule has 2 nitrogen and oxygen atoms in total. The number of benzene rings is 1. The fourth-order valence-electron chi connectivity index (χ4n) is 3.00. The van der Waals surface area contributed by atoms with Crippen LogP contribution in [-0.4, -0.2) is 0 Å². The largest absolute Gasteiger partial charge is 0.416 e. The summed E-state index contributed by atoms with van der Waals surface area (Å²) in [6, 6.07) is 1.91. The predicted molar refractivity (Wildman–Crippen MR) is 68.0 cm³/mol. The van der Waals surface area contributed by atoms with Crippen LogP contribution in [0.4, 0.5) is 17.6 Å². The normalized spacial score (nSPS) is 19.1. The molecular weight excluding hydrogens is 272 g/mol. The van der Waals surface area contributed by atoms with E-state index < -0.39 is 23.6 Å². The number of hydrogen-bond donors (Lipinski definition) is 2. The van der Waals surface area contributed by atoms with Crippen LogP contribution < -0.4 is 11.3 Å². The summed E-state index contributed by atoms with van der Waals surface area (Å²) in [6.45, 7) is 0. The minimum atomic E-state index is -4.51. The number of hydrazine groups is 1. The Morgan fingerprint density at radius 1 is 1.15 bits per heavy atom. The maximum atomic E-state index is 13.4. The summed E-state index contributed by atoms with van der Waals surface area (Å²) in [6.07, 6.45) is 0.139. The van der Waals surface area contributed by atoms with Crippen molar-refractivity contribution >= 4 is 0 Å². The topological polar surface area (TPSA) is 38.0 Å². The van der Waals surface area contributed by atoms with Crippen LogP contribution in [0.3, 0.4) is 0 Å². The maximum Gasteiger partial charge on any atom is 0.416 e. The van der Waals surface area contributed by atoms with Gasteiger partial charge in [-0.1, -0.05) is 19.3 Å². The Hall–Kier alpha value is -1.14. The quantitative estimate of drug-likeness (QED) is 0.503. The van der Waals surface area contributed by atoms with Gasteiger partial charge in [-0.3, -0.25) is 11.3 Å². The van der Waals surface area contributed by atoms with E-state index in [0.29, 0.717) is 0 Å². The van der Waals surface area contributed by atoms with Gasteiger partial charge in [0, 0.05) is 6.04 Å². The molecule has 0 heterocycles. The average molecular weight is 290 g/mol. The van der Waals surface area contributed by atoms with Gasteiger partial charge in [-0.05, 0) is 42.5 Å². The molecule has 1 saturated carbocycles. The molecule has 1 atom stereocenters. The number of halogens is 4. The van der Waals surface area contributed by atoms with Crippen LogP contribution in [0.25, 0.3) is 0 Å². The smallest absolute Gasteiger partial charge is 0.271 e. The fraction of sp³-hybridized carbons (Fsp3) is 0.571. The Bertz CT molecular complexity index is 453. The van der Waals surface area contributed by atoms with Gasteiger partial charge in [0.1, 0.15) is 5.82 Å². The molecule has 1 aromatic carbocycles. The second-order valence-corrected chi connectivity index (χ2v) is 5.27. The van der Waals surface area contributed by atoms with Crippen molar-refractivity contribution < 1.29 is 17.6 Å². The van der Waals surface area contributed by atoms with Crippen molar-refractivity contribution in [1.29, 1.82) is 0 Å². The van der Waals surface area contributed by atoms with Crippen molar-refractivity contribution in [3.8, 4) is 0 Å². The third-order valence-corrected chi connectivity index (χ3v) is 3.95. The molecule has 112 valence electrons. The highest BCUT2D eigenvalue weighted by molar-refractivity contribution is 5.33. The molecule has 0 aromatic heterocycles. The first-order valence-corrected chi connectivity index (χ1v) is 6.76. The SMILES string of the molecule is NNC(c1cc(F)ccc1C(F)(F)F)C1CCCCC1. The van der Waals surface area contributed by atoms with E-state index in [1.54, 1.807) is 0 Å². The Balaban J connectivity index is 2.39. The van der Waals surface area contributed by atoms with Crippen molar-refractivity contribution in [2.75, 3.05) is 0 Å². The van der Waals surface area contributed by atoms with E-state index in [1.807, 2.05) is 0 Å². The summed E-state index contributed by atoms with van der Waals surface area (Å²) in [5.41, 5.74) is 1.56. The number of alkyl halides is 3. The van der Waals surface area contributed by atoms with Gasteiger partial charge in [-0.15, -0.1) is 0 Å². The number of hydrogen-bond acceptors (Lipinski definition) is 2. The second-order valence-electron chi connectivity index (χ2n) is 5.27. The first-order chi connectivity index (χ1) is 9.43. The molecule has 1 aromatic rings. The van der Waals surface area contributed by atoms with Crippen LogP contribution >= 0.6 is 0 Å². The molecule has 0 aliphatic heterocycles. The molecule has 1 unspecified atom stereocenters. The zero-order valence-electron chi connectivity index (χ0n) is 11.0. The van der Waals surface area contributed by atoms with E-state index in [9.17, 15) is 17.6 Å². The maximum absolute atomic E-state index is 13.4. The number of nitrogens with one attached hydrogen (secondary N) is 1. The van der Waals surface area contributed by atoms with Crippen molar-refractivity contribution in [3.63, 3.8) is 0 Å². The highest BCUT2D eigenvalue weighted by atomic mass is 19.4. The third kappa shape index (κ3) is 3.30. The van der Waals surface area contributed by atoms with Gasteiger partial charge in [0.25, 0.3) is 0 Å². The zero-order valence-corrected chi connectivity index (χ0v) is 11.0. The van der Waals surface area contributed by atoms with Crippen molar-refractivity contribution in [3.05, 3.63) is 35.1 Å². The Morgan fingerprint density at radius 2 is 1.80 bits per heavy atom. The van der Waals surface area contributed by atoms with Gasteiger partial charge in [0.2, 0.25) is 0 Å². The molecule has 1 aliphatic carbocycles. The van der Waals surface area contributed by atoms with Gasteiger partial charge in [0.15, 0.2) is 0 Å². The summed E-state index contributed by atoms with van der Waals surface area (Å²) >= 11 is 0. The fourth-order valence-corrected chi connectivity index (χ4v) is 3.00. The first kappa shape index (κ1) is 15.3. The Morgan fingerprint density at radius 3 is 2.35 bits per heavy atom. The lowest BCUT2D eigenvalue weighted by atomic mass is 9.80. The van der Waals surface area contributed by atoms with Crippen LogP contribution in [0, 0.1) is 11.7 Å². The zero-order chi connectivity index (χ0) is 14.8. The lowest BCUT2D eigenvalue weighted by Crippen LogP contribution is -2.36. The van der Waals surface area contributed by atoms with E-state index in [0.717, 1.165) is 50.3 Å². The van der Waals surface area contributed by atoms with Crippen LogP contribution in [0.2, 0.25) is 0 Å². The molecule has 0 saturated heterocycles. The van der Waals surface area contributed by atoms with Gasteiger partial charge < -0.3 is 0 Å². The molecule has 3 N–H and O–H groups in total. The Labute approximate surface area is 115 Å². The molecule has 1 aliphatic rings. The monoisotopic (exact) mass is 290 g/mol. The molecule has 20 heavy (non-hydrogen) atoms. The second kappa shape index (κ2) is 6.10. The first-order valence-electron chi connectivity index (χ1n) is 6.76. The summed E-state index contributed by atoms with van der Waals surface area (Å²) in [5, 5.41) is 0. The lowest BCUT2D eigenvalue weighted by molar-refractivity contribution is -0.138. The Kier molecular flexibility index (Phi) is 4.65. The van der Waals surface area contributed by atoms with Gasteiger partial charge in [0.05, 0.1) is 5.56 Å². The summed E-state index contributed by atoms with van der Waals surface area (Å²) in [7, 11) is 0. The van der Waals surface area contributed by atoms with Crippen molar-refractivity contribution in [2.45, 2.75) is 44.3 Å². The molecule has 0 bridgehead atoms. The van der Waals surface area contributed by atoms with Crippen molar-refractivity contribution in [1.82, 2.24) is 5.43 Å². The van der Waals surface area contributed by atoms with Gasteiger partial charge in [-0.25, -0.2) is 4.39 Å². The summed E-state index contributed by atoms with van der Waals surface area (Å²) in [4.78, 5) is 0. The molecule has 6 heteroatoms. The standard InChI is InChI=1S/C14H18F4N2/c15-10-6-7-12(14(16,17)18)11(8-10)13(20-19)9-4-2-1-3-5-9/h6-9,13,20H,1-5,19H2. The van der Waals surface area contributed by atoms with Gasteiger partial charge in [-0.2, -0.15) is 13.2 Å². The van der Waals surface area contributed by atoms with Crippen LogP contribution in [0.1, 0.15) is 49.3 Å². The highest BCUT2D eigenvalue weighted by Gasteiger charge is 2.37. The van der Waals surface area contributed by atoms with Crippen LogP contribution in [0.15, 0.2) is 18.2 Å². The van der Waals surface area contributed by atoms with Crippen LogP contribution in [0.5, 0.6) is 0 Å². The molecule has 0 radical (unpaired) electrons. The van der Waals surface area contributed by atoms with E-state index in [4.69, 9.17) is 5.84 Å². The van der Waals surface area contributed by atoms with Crippen molar-refractivity contribution in [2.24, 2.45) is 11.8 Å². The highest BCUT2D eigenvalue weighted by Crippen LogP contribution is 2.40. The molecule has 1 fully saturated rings. The lowest BCUT2D eigenvalue weighted by Gasteiger charge is -2.31. The van der Waals surface area contributed by atoms with E-state index in [1.165, 1.54) is 0 Å². The molecule has 0 amide bonds.